The van der Waals surface area contributed by atoms with E-state index in [1.807, 2.05) is 27.7 Å². The molecular formula is C29H52N7O10P. The minimum atomic E-state index is -4.31. The fraction of sp³-hybridized carbons (Fsp3) is 0.828. The van der Waals surface area contributed by atoms with E-state index in [9.17, 15) is 24.4 Å². The van der Waals surface area contributed by atoms with Gasteiger partial charge in [-0.05, 0) is 52.4 Å². The lowest BCUT2D eigenvalue weighted by molar-refractivity contribution is -0.150. The van der Waals surface area contributed by atoms with Crippen molar-refractivity contribution in [3.05, 3.63) is 0 Å². The zero-order chi connectivity index (χ0) is 35.2. The molecule has 0 aromatic rings. The minimum Gasteiger partial charge on any atom is -0.482 e. The molecule has 3 aliphatic heterocycles. The van der Waals surface area contributed by atoms with Crippen molar-refractivity contribution in [2.24, 2.45) is 32.5 Å². The van der Waals surface area contributed by atoms with E-state index in [1.54, 1.807) is 27.7 Å². The van der Waals surface area contributed by atoms with E-state index < -0.39 is 87.3 Å². The van der Waals surface area contributed by atoms with Gasteiger partial charge in [-0.3, -0.25) is 19.1 Å². The summed E-state index contributed by atoms with van der Waals surface area (Å²) in [5.74, 6) is -1.15. The smallest absolute Gasteiger partial charge is 0.342 e. The number of carbonyl (C=O) groups is 2. The van der Waals surface area contributed by atoms with E-state index in [2.05, 4.69) is 25.2 Å². The highest BCUT2D eigenvalue weighted by molar-refractivity contribution is 7.54. The number of methoxy groups -OCH3 is 1. The first-order valence-electron chi connectivity index (χ1n) is 15.9. The molecule has 0 aromatic heterocycles. The summed E-state index contributed by atoms with van der Waals surface area (Å²) >= 11 is 0. The van der Waals surface area contributed by atoms with Gasteiger partial charge >= 0.3 is 19.6 Å². The molecule has 0 bridgehead atoms. The standard InChI is InChI=1S/C29H52N7O10P/c1-14(2)10-18(27(39)44-16(5)6)34-47(41,35-19(11-15(3)4)28(40)45-17(7)8)43-12-20-22(37)23(38)26(46-20)36-13-31-21-24(36)32-29(30)33-25(21)42-9/h13-24,26,37-38H,10-12H2,1-9H3,(H2,30,32)(H2,34,35,41)/t18-,19-,20+,21?,22?,23+,24?,26+/m0/s1. The van der Waals surface area contributed by atoms with Crippen molar-refractivity contribution in [2.45, 2.75) is 129 Å². The topological polar surface area (TPSA) is 228 Å². The molecule has 0 amide bonds. The number of aliphatic hydroxyl groups excluding tert-OH is 2. The van der Waals surface area contributed by atoms with Crippen LogP contribution in [0.4, 0.5) is 0 Å². The molecule has 0 radical (unpaired) electrons. The van der Waals surface area contributed by atoms with Crippen LogP contribution in [0.3, 0.4) is 0 Å². The maximum atomic E-state index is 14.6. The fourth-order valence-electron chi connectivity index (χ4n) is 5.30. The van der Waals surface area contributed by atoms with Crippen molar-refractivity contribution in [1.29, 1.82) is 0 Å². The highest BCUT2D eigenvalue weighted by Gasteiger charge is 2.51. The van der Waals surface area contributed by atoms with Gasteiger partial charge < -0.3 is 44.3 Å². The lowest BCUT2D eigenvalue weighted by atomic mass is 10.0. The van der Waals surface area contributed by atoms with E-state index in [0.29, 0.717) is 0 Å². The number of carbonyl (C=O) groups excluding carboxylic acids is 2. The van der Waals surface area contributed by atoms with E-state index in [-0.39, 0.29) is 36.5 Å². The Labute approximate surface area is 276 Å². The van der Waals surface area contributed by atoms with Crippen LogP contribution in [0.5, 0.6) is 0 Å². The molecule has 6 N–H and O–H groups in total. The fourth-order valence-corrected chi connectivity index (χ4v) is 7.12. The average Bonchev–Trinajstić information content (AvgIpc) is 3.49. The van der Waals surface area contributed by atoms with Crippen LogP contribution in [0.1, 0.15) is 68.2 Å². The Bertz CT molecular complexity index is 1190. The van der Waals surface area contributed by atoms with Crippen LogP contribution in [-0.2, 0) is 37.6 Å². The normalized spacial score (nSPS) is 27.3. The first-order chi connectivity index (χ1) is 21.9. The largest absolute Gasteiger partial charge is 0.482 e. The first kappa shape index (κ1) is 38.8. The zero-order valence-corrected chi connectivity index (χ0v) is 29.5. The van der Waals surface area contributed by atoms with Crippen molar-refractivity contribution < 1.29 is 47.8 Å². The molecule has 0 spiro atoms. The maximum Gasteiger partial charge on any atom is 0.342 e. The Kier molecular flexibility index (Phi) is 13.7. The number of nitrogens with two attached hydrogens (primary N) is 1. The van der Waals surface area contributed by atoms with Crippen LogP contribution in [0.25, 0.3) is 0 Å². The summed E-state index contributed by atoms with van der Waals surface area (Å²) in [6, 6.07) is -2.79. The summed E-state index contributed by atoms with van der Waals surface area (Å²) in [6.45, 7) is 13.8. The van der Waals surface area contributed by atoms with Crippen LogP contribution < -0.4 is 15.9 Å². The van der Waals surface area contributed by atoms with Crippen molar-refractivity contribution in [3.8, 4) is 0 Å². The second-order valence-corrected chi connectivity index (χ2v) is 15.1. The molecule has 1 fully saturated rings. The number of hydrogen-bond donors (Lipinski definition) is 5. The monoisotopic (exact) mass is 689 g/mol. The molecular weight excluding hydrogens is 637 g/mol. The number of nitrogens with one attached hydrogen (secondary N) is 2. The van der Waals surface area contributed by atoms with Crippen molar-refractivity contribution in [2.75, 3.05) is 13.7 Å². The number of ether oxygens (including phenoxy) is 4. The van der Waals surface area contributed by atoms with Crippen LogP contribution in [0.15, 0.2) is 15.0 Å². The summed E-state index contributed by atoms with van der Waals surface area (Å²) in [5.41, 5.74) is 5.85. The van der Waals surface area contributed by atoms with E-state index >= 15 is 0 Å². The Morgan fingerprint density at radius 2 is 1.51 bits per heavy atom. The molecule has 268 valence electrons. The molecule has 3 heterocycles. The Morgan fingerprint density at radius 3 is 1.98 bits per heavy atom. The molecule has 3 unspecified atom stereocenters. The number of nitrogens with zero attached hydrogens (tertiary/aromatic N) is 4. The van der Waals surface area contributed by atoms with Crippen LogP contribution in [0, 0.1) is 11.8 Å². The van der Waals surface area contributed by atoms with Crippen molar-refractivity contribution in [3.63, 3.8) is 0 Å². The van der Waals surface area contributed by atoms with Gasteiger partial charge in [0.1, 0.15) is 30.4 Å². The summed E-state index contributed by atoms with van der Waals surface area (Å²) in [5, 5.41) is 27.6. The summed E-state index contributed by atoms with van der Waals surface area (Å²) in [6.07, 6.45) is -5.04. The lowest BCUT2D eigenvalue weighted by Gasteiger charge is -2.32. The highest BCUT2D eigenvalue weighted by atomic mass is 31.2. The highest BCUT2D eigenvalue weighted by Crippen LogP contribution is 2.42. The lowest BCUT2D eigenvalue weighted by Crippen LogP contribution is -2.51. The molecule has 0 saturated carbocycles. The van der Waals surface area contributed by atoms with E-state index in [0.717, 1.165) is 0 Å². The number of aliphatic imine (C=N–C) groups is 3. The van der Waals surface area contributed by atoms with Gasteiger partial charge in [-0.1, -0.05) is 27.7 Å². The Balaban J connectivity index is 1.86. The Morgan fingerprint density at radius 1 is 0.979 bits per heavy atom. The quantitative estimate of drug-likeness (QED) is 0.112. The van der Waals surface area contributed by atoms with Crippen LogP contribution >= 0.6 is 7.67 Å². The number of hydrogen-bond acceptors (Lipinski definition) is 15. The number of rotatable bonds is 16. The van der Waals surface area contributed by atoms with Gasteiger partial charge in [0.15, 0.2) is 18.4 Å². The zero-order valence-electron chi connectivity index (χ0n) is 28.6. The molecule has 3 aliphatic rings. The molecule has 3 rings (SSSR count). The van der Waals surface area contributed by atoms with Gasteiger partial charge in [0.2, 0.25) is 11.9 Å². The third-order valence-corrected chi connectivity index (χ3v) is 9.11. The molecule has 47 heavy (non-hydrogen) atoms. The van der Waals surface area contributed by atoms with Gasteiger partial charge in [0.05, 0.1) is 32.3 Å². The third-order valence-electron chi connectivity index (χ3n) is 7.29. The maximum absolute atomic E-state index is 14.6. The first-order valence-corrected chi connectivity index (χ1v) is 17.6. The predicted octanol–water partition coefficient (Wildman–Crippen LogP) is 0.881. The van der Waals surface area contributed by atoms with Gasteiger partial charge in [0.25, 0.3) is 0 Å². The predicted molar refractivity (Wildman–Crippen MR) is 173 cm³/mol. The van der Waals surface area contributed by atoms with Gasteiger partial charge in [-0.2, -0.15) is 4.99 Å². The number of aliphatic hydroxyl groups is 2. The van der Waals surface area contributed by atoms with Gasteiger partial charge in [0, 0.05) is 0 Å². The van der Waals surface area contributed by atoms with Crippen LogP contribution in [-0.4, -0.2) is 120 Å². The van der Waals surface area contributed by atoms with E-state index in [4.69, 9.17) is 29.2 Å². The molecule has 18 heteroatoms. The minimum absolute atomic E-state index is 0.0139. The number of fused-ring (bicyclic) bond motifs is 1. The molecule has 0 aliphatic carbocycles. The van der Waals surface area contributed by atoms with Crippen molar-refractivity contribution >= 4 is 37.8 Å². The number of esters is 2. The second kappa shape index (κ2) is 16.6. The molecule has 8 atom stereocenters. The average molecular weight is 690 g/mol. The summed E-state index contributed by atoms with van der Waals surface area (Å²) in [4.78, 5) is 40.4. The molecule has 0 aromatic carbocycles. The summed E-state index contributed by atoms with van der Waals surface area (Å²) < 4.78 is 42.7. The summed E-state index contributed by atoms with van der Waals surface area (Å²) in [7, 11) is -2.89. The van der Waals surface area contributed by atoms with Gasteiger partial charge in [-0.25, -0.2) is 15.2 Å². The number of guanidine groups is 1. The Hall–Kier alpha value is -2.66. The second-order valence-electron chi connectivity index (χ2n) is 13.2. The SMILES string of the molecule is COC1=NC(N)=NC2C1N=CN2[C@@H]1O[C@H](COP(=O)(N[C@@H](CC(C)C)C(=O)OC(C)C)N[C@@H](CC(C)C)C(=O)OC(C)C)C(O)[C@H]1O. The molecule has 1 saturated heterocycles. The third kappa shape index (κ3) is 10.4. The molecule has 17 nitrogen and oxygen atoms in total. The van der Waals surface area contributed by atoms with E-state index in [1.165, 1.54) is 18.3 Å². The van der Waals surface area contributed by atoms with Crippen LogP contribution in [0.2, 0.25) is 0 Å². The van der Waals surface area contributed by atoms with Gasteiger partial charge in [-0.15, -0.1) is 0 Å². The van der Waals surface area contributed by atoms with Crippen molar-refractivity contribution in [1.82, 2.24) is 15.1 Å².